The van der Waals surface area contributed by atoms with Crippen LogP contribution in [0.3, 0.4) is 0 Å². The van der Waals surface area contributed by atoms with E-state index in [1.54, 1.807) is 20.1 Å². The number of allylic oxidation sites excluding steroid dienone is 2. The van der Waals surface area contributed by atoms with E-state index in [1.807, 2.05) is 32.9 Å². The highest BCUT2D eigenvalue weighted by molar-refractivity contribution is 6.26. The number of methoxy groups -OCH3 is 2. The minimum absolute atomic E-state index is 0.00658. The molecule has 0 aromatic heterocycles. The van der Waals surface area contributed by atoms with Crippen molar-refractivity contribution in [2.75, 3.05) is 14.2 Å². The Balaban J connectivity index is 3.37. The smallest absolute Gasteiger partial charge is 0.341 e. The zero-order chi connectivity index (χ0) is 16.9. The Hall–Kier alpha value is -2.36. The normalized spacial score (nSPS) is 10.9. The Morgan fingerprint density at radius 1 is 1.09 bits per heavy atom. The molecule has 22 heavy (non-hydrogen) atoms. The van der Waals surface area contributed by atoms with Crippen LogP contribution in [0.1, 0.15) is 31.9 Å². The van der Waals surface area contributed by atoms with E-state index in [0.29, 0.717) is 16.9 Å². The number of rotatable bonds is 5. The summed E-state index contributed by atoms with van der Waals surface area (Å²) in [5.41, 5.74) is 3.09. The second-order valence-corrected chi connectivity index (χ2v) is 5.23. The Morgan fingerprint density at radius 2 is 1.73 bits per heavy atom. The molecule has 0 aliphatic rings. The molecule has 1 rings (SSSR count). The van der Waals surface area contributed by atoms with Gasteiger partial charge < -0.3 is 9.47 Å². The molecule has 0 spiro atoms. The zero-order valence-corrected chi connectivity index (χ0v) is 13.9. The van der Waals surface area contributed by atoms with Gasteiger partial charge in [-0.3, -0.25) is 4.79 Å². The summed E-state index contributed by atoms with van der Waals surface area (Å²) in [6.45, 7) is 7.28. The van der Waals surface area contributed by atoms with Crippen molar-refractivity contribution in [3.05, 3.63) is 46.0 Å². The predicted molar refractivity (Wildman–Crippen MR) is 86.8 cm³/mol. The summed E-state index contributed by atoms with van der Waals surface area (Å²) < 4.78 is 9.99. The Morgan fingerprint density at radius 3 is 2.23 bits per heavy atom. The van der Waals surface area contributed by atoms with Crippen LogP contribution in [-0.2, 0) is 14.3 Å². The molecule has 0 fully saturated rings. The van der Waals surface area contributed by atoms with Crippen molar-refractivity contribution in [1.82, 2.24) is 0 Å². The average molecular weight is 302 g/mol. The number of carbonyl (C=O) groups excluding carboxylic acids is 2. The van der Waals surface area contributed by atoms with E-state index in [0.717, 1.165) is 11.1 Å². The minimum atomic E-state index is -0.648. The molecule has 0 bridgehead atoms. The van der Waals surface area contributed by atoms with Gasteiger partial charge in [-0.05, 0) is 56.5 Å². The summed E-state index contributed by atoms with van der Waals surface area (Å²) in [4.78, 5) is 24.4. The van der Waals surface area contributed by atoms with Crippen LogP contribution in [0.5, 0.6) is 5.75 Å². The molecule has 118 valence electrons. The first kappa shape index (κ1) is 17.7. The van der Waals surface area contributed by atoms with E-state index in [-0.39, 0.29) is 11.4 Å². The molecule has 1 aromatic carbocycles. The summed E-state index contributed by atoms with van der Waals surface area (Å²) in [5, 5.41) is 0. The molecule has 0 atom stereocenters. The molecule has 0 saturated heterocycles. The second kappa shape index (κ2) is 7.59. The van der Waals surface area contributed by atoms with Crippen molar-refractivity contribution in [1.29, 1.82) is 0 Å². The summed E-state index contributed by atoms with van der Waals surface area (Å²) in [6.07, 6.45) is 1.53. The van der Waals surface area contributed by atoms with E-state index in [4.69, 9.17) is 9.47 Å². The Bertz CT molecular complexity index is 647. The topological polar surface area (TPSA) is 52.6 Å². The maximum absolute atomic E-state index is 12.5. The SMILES string of the molecule is COC(=O)C(=Cc1ccc(C)c(OC)c1)C(=O)C(C)=C(C)C. The van der Waals surface area contributed by atoms with Crippen LogP contribution in [0.15, 0.2) is 34.9 Å². The number of carbonyl (C=O) groups is 2. The molecule has 0 aliphatic heterocycles. The van der Waals surface area contributed by atoms with Crippen LogP contribution in [0.4, 0.5) is 0 Å². The number of ketones is 1. The van der Waals surface area contributed by atoms with Crippen molar-refractivity contribution in [3.63, 3.8) is 0 Å². The standard InChI is InChI=1S/C18H22O4/c1-11(2)13(4)17(19)15(18(20)22-6)9-14-8-7-12(3)16(10-14)21-5/h7-10H,1-6H3. The van der Waals surface area contributed by atoms with Crippen molar-refractivity contribution < 1.29 is 19.1 Å². The monoisotopic (exact) mass is 302 g/mol. The number of aryl methyl sites for hydroxylation is 1. The lowest BCUT2D eigenvalue weighted by Gasteiger charge is -2.09. The van der Waals surface area contributed by atoms with Gasteiger partial charge in [-0.2, -0.15) is 0 Å². The van der Waals surface area contributed by atoms with E-state index in [9.17, 15) is 9.59 Å². The van der Waals surface area contributed by atoms with Gasteiger partial charge in [-0.25, -0.2) is 4.79 Å². The van der Waals surface area contributed by atoms with Gasteiger partial charge in [0.05, 0.1) is 14.2 Å². The molecular formula is C18H22O4. The fraction of sp³-hybridized carbons (Fsp3) is 0.333. The number of Topliss-reactive ketones (excluding diaryl/α,β-unsaturated/α-hetero) is 1. The van der Waals surface area contributed by atoms with Crippen LogP contribution < -0.4 is 4.74 Å². The third-order valence-corrected chi connectivity index (χ3v) is 3.48. The lowest BCUT2D eigenvalue weighted by molar-refractivity contribution is -0.137. The van der Waals surface area contributed by atoms with Crippen LogP contribution in [-0.4, -0.2) is 26.0 Å². The first-order chi connectivity index (χ1) is 10.3. The predicted octanol–water partition coefficient (Wildman–Crippen LogP) is 3.49. The largest absolute Gasteiger partial charge is 0.496 e. The number of benzene rings is 1. The van der Waals surface area contributed by atoms with Crippen LogP contribution in [0, 0.1) is 6.92 Å². The molecule has 0 amide bonds. The van der Waals surface area contributed by atoms with Gasteiger partial charge in [-0.1, -0.05) is 17.7 Å². The van der Waals surface area contributed by atoms with Crippen molar-refractivity contribution >= 4 is 17.8 Å². The maximum atomic E-state index is 12.5. The van der Waals surface area contributed by atoms with Gasteiger partial charge in [0.2, 0.25) is 0 Å². The molecule has 0 heterocycles. The first-order valence-electron chi connectivity index (χ1n) is 6.95. The molecular weight excluding hydrogens is 280 g/mol. The fourth-order valence-electron chi connectivity index (χ4n) is 1.85. The number of hydrogen-bond donors (Lipinski definition) is 0. The highest BCUT2D eigenvalue weighted by Crippen LogP contribution is 2.22. The molecule has 0 radical (unpaired) electrons. The van der Waals surface area contributed by atoms with Crippen molar-refractivity contribution in [2.24, 2.45) is 0 Å². The highest BCUT2D eigenvalue weighted by atomic mass is 16.5. The van der Waals surface area contributed by atoms with Gasteiger partial charge in [-0.15, -0.1) is 0 Å². The second-order valence-electron chi connectivity index (χ2n) is 5.23. The average Bonchev–Trinajstić information content (AvgIpc) is 2.51. The molecule has 1 aromatic rings. The zero-order valence-electron chi connectivity index (χ0n) is 13.9. The van der Waals surface area contributed by atoms with Crippen LogP contribution >= 0.6 is 0 Å². The van der Waals surface area contributed by atoms with E-state index < -0.39 is 5.97 Å². The first-order valence-corrected chi connectivity index (χ1v) is 6.95. The number of hydrogen-bond acceptors (Lipinski definition) is 4. The number of ether oxygens (including phenoxy) is 2. The van der Waals surface area contributed by atoms with Gasteiger partial charge in [0, 0.05) is 0 Å². The van der Waals surface area contributed by atoms with Crippen molar-refractivity contribution in [3.8, 4) is 5.75 Å². The van der Waals surface area contributed by atoms with E-state index in [2.05, 4.69) is 0 Å². The van der Waals surface area contributed by atoms with E-state index >= 15 is 0 Å². The summed E-state index contributed by atoms with van der Waals surface area (Å²) in [7, 11) is 2.84. The molecule has 4 nitrogen and oxygen atoms in total. The molecule has 0 saturated carbocycles. The third kappa shape index (κ3) is 4.07. The fourth-order valence-corrected chi connectivity index (χ4v) is 1.85. The van der Waals surface area contributed by atoms with Crippen LogP contribution in [0.25, 0.3) is 6.08 Å². The summed E-state index contributed by atoms with van der Waals surface area (Å²) in [6, 6.07) is 5.48. The summed E-state index contributed by atoms with van der Waals surface area (Å²) >= 11 is 0. The van der Waals surface area contributed by atoms with Gasteiger partial charge in [0.1, 0.15) is 11.3 Å². The highest BCUT2D eigenvalue weighted by Gasteiger charge is 2.21. The Kier molecular flexibility index (Phi) is 6.11. The third-order valence-electron chi connectivity index (χ3n) is 3.48. The lowest BCUT2D eigenvalue weighted by atomic mass is 9.98. The molecule has 0 aliphatic carbocycles. The van der Waals surface area contributed by atoms with Gasteiger partial charge in [0.15, 0.2) is 5.78 Å². The van der Waals surface area contributed by atoms with Crippen molar-refractivity contribution in [2.45, 2.75) is 27.7 Å². The maximum Gasteiger partial charge on any atom is 0.341 e. The molecule has 0 unspecified atom stereocenters. The summed E-state index contributed by atoms with van der Waals surface area (Å²) in [5.74, 6) is -0.277. The number of esters is 1. The van der Waals surface area contributed by atoms with E-state index in [1.165, 1.54) is 13.2 Å². The van der Waals surface area contributed by atoms with Gasteiger partial charge in [0.25, 0.3) is 0 Å². The Labute approximate surface area is 131 Å². The lowest BCUT2D eigenvalue weighted by Crippen LogP contribution is -2.16. The molecule has 4 heteroatoms. The quantitative estimate of drug-likeness (QED) is 0.361. The van der Waals surface area contributed by atoms with Crippen LogP contribution in [0.2, 0.25) is 0 Å². The molecule has 0 N–H and O–H groups in total. The minimum Gasteiger partial charge on any atom is -0.496 e. The van der Waals surface area contributed by atoms with Gasteiger partial charge >= 0.3 is 5.97 Å².